The molecule has 8 heteroatoms. The number of amides is 2. The third-order valence-electron chi connectivity index (χ3n) is 4.55. The number of nitrogens with zero attached hydrogens (tertiary/aromatic N) is 3. The zero-order valence-electron chi connectivity index (χ0n) is 16.1. The molecule has 8 nitrogen and oxygen atoms in total. The van der Waals surface area contributed by atoms with E-state index in [1.807, 2.05) is 31.2 Å². The molecule has 0 radical (unpaired) electrons. The molecule has 0 bridgehead atoms. The molecule has 1 aromatic carbocycles. The fraction of sp³-hybridized carbons (Fsp3) is 0.400. The Bertz CT molecular complexity index is 834. The van der Waals surface area contributed by atoms with Crippen molar-refractivity contribution in [2.45, 2.75) is 32.7 Å². The van der Waals surface area contributed by atoms with Gasteiger partial charge in [-0.2, -0.15) is 0 Å². The average molecular weight is 383 g/mol. The number of rotatable bonds is 5. The lowest BCUT2D eigenvalue weighted by atomic mass is 10.1. The second-order valence-electron chi connectivity index (χ2n) is 6.72. The highest BCUT2D eigenvalue weighted by Crippen LogP contribution is 2.16. The van der Waals surface area contributed by atoms with Crippen molar-refractivity contribution in [2.75, 3.05) is 25.0 Å². The molecule has 1 fully saturated rings. The van der Waals surface area contributed by atoms with Crippen LogP contribution in [0.15, 0.2) is 36.7 Å². The van der Waals surface area contributed by atoms with Crippen LogP contribution in [0.5, 0.6) is 0 Å². The van der Waals surface area contributed by atoms with Crippen LogP contribution >= 0.6 is 0 Å². The van der Waals surface area contributed by atoms with Gasteiger partial charge in [0.1, 0.15) is 17.8 Å². The number of aromatic nitrogens is 2. The number of benzene rings is 1. The summed E-state index contributed by atoms with van der Waals surface area (Å²) in [6, 6.07) is 9.53. The molecule has 0 saturated carbocycles. The summed E-state index contributed by atoms with van der Waals surface area (Å²) in [7, 11) is 0. The molecule has 1 aliphatic heterocycles. The number of aryl methyl sites for hydroxylation is 1. The summed E-state index contributed by atoms with van der Waals surface area (Å²) in [6.45, 7) is 5.29. The monoisotopic (exact) mass is 383 g/mol. The van der Waals surface area contributed by atoms with E-state index in [0.717, 1.165) is 11.3 Å². The van der Waals surface area contributed by atoms with Gasteiger partial charge >= 0.3 is 6.09 Å². The predicted molar refractivity (Wildman–Crippen MR) is 106 cm³/mol. The van der Waals surface area contributed by atoms with Gasteiger partial charge in [-0.15, -0.1) is 0 Å². The van der Waals surface area contributed by atoms with Crippen molar-refractivity contribution in [3.05, 3.63) is 47.9 Å². The Morgan fingerprint density at radius 1 is 1.21 bits per heavy atom. The first-order valence-corrected chi connectivity index (χ1v) is 9.43. The summed E-state index contributed by atoms with van der Waals surface area (Å²) in [5, 5.41) is 6.18. The first-order valence-electron chi connectivity index (χ1n) is 9.43. The molecule has 0 aliphatic carbocycles. The van der Waals surface area contributed by atoms with Gasteiger partial charge in [0, 0.05) is 30.9 Å². The molecule has 1 saturated heterocycles. The van der Waals surface area contributed by atoms with Gasteiger partial charge < -0.3 is 20.3 Å². The predicted octanol–water partition coefficient (Wildman–Crippen LogP) is 2.88. The summed E-state index contributed by atoms with van der Waals surface area (Å²) in [4.78, 5) is 34.2. The van der Waals surface area contributed by atoms with Crippen LogP contribution in [0, 0.1) is 6.92 Å². The molecule has 0 spiro atoms. The van der Waals surface area contributed by atoms with E-state index in [-0.39, 0.29) is 18.0 Å². The molecule has 2 N–H and O–H groups in total. The van der Waals surface area contributed by atoms with Crippen molar-refractivity contribution < 1.29 is 14.3 Å². The summed E-state index contributed by atoms with van der Waals surface area (Å²) < 4.78 is 5.01. The maximum atomic E-state index is 12.6. The van der Waals surface area contributed by atoms with Crippen molar-refractivity contribution in [1.82, 2.24) is 20.2 Å². The van der Waals surface area contributed by atoms with Crippen LogP contribution in [-0.4, -0.2) is 52.6 Å². The fourth-order valence-corrected chi connectivity index (χ4v) is 3.10. The van der Waals surface area contributed by atoms with Crippen LogP contribution < -0.4 is 10.6 Å². The molecule has 3 rings (SSSR count). The van der Waals surface area contributed by atoms with Gasteiger partial charge in [0.25, 0.3) is 5.91 Å². The lowest BCUT2D eigenvalue weighted by molar-refractivity contribution is 0.0856. The minimum Gasteiger partial charge on any atom is -0.450 e. The highest BCUT2D eigenvalue weighted by atomic mass is 16.6. The Morgan fingerprint density at radius 3 is 2.71 bits per heavy atom. The van der Waals surface area contributed by atoms with Crippen LogP contribution in [0.25, 0.3) is 0 Å². The Labute approximate surface area is 164 Å². The summed E-state index contributed by atoms with van der Waals surface area (Å²) in [5.41, 5.74) is 2.33. The second-order valence-corrected chi connectivity index (χ2v) is 6.72. The first-order chi connectivity index (χ1) is 13.5. The van der Waals surface area contributed by atoms with Crippen LogP contribution in [0.3, 0.4) is 0 Å². The van der Waals surface area contributed by atoms with Gasteiger partial charge in [-0.05, 0) is 44.4 Å². The maximum Gasteiger partial charge on any atom is 0.409 e. The third kappa shape index (κ3) is 5.18. The Balaban J connectivity index is 1.56. The van der Waals surface area contributed by atoms with E-state index < -0.39 is 0 Å². The minimum atomic E-state index is -0.296. The van der Waals surface area contributed by atoms with Gasteiger partial charge in [-0.25, -0.2) is 14.8 Å². The number of ether oxygens (including phenoxy) is 1. The van der Waals surface area contributed by atoms with Gasteiger partial charge in [0.2, 0.25) is 0 Å². The number of hydrogen-bond acceptors (Lipinski definition) is 6. The van der Waals surface area contributed by atoms with E-state index >= 15 is 0 Å². The van der Waals surface area contributed by atoms with Crippen molar-refractivity contribution in [1.29, 1.82) is 0 Å². The zero-order chi connectivity index (χ0) is 19.9. The quantitative estimate of drug-likeness (QED) is 0.824. The first kappa shape index (κ1) is 19.6. The molecule has 2 heterocycles. The molecule has 0 unspecified atom stereocenters. The molecule has 148 valence electrons. The Morgan fingerprint density at radius 2 is 2.00 bits per heavy atom. The average Bonchev–Trinajstić information content (AvgIpc) is 2.69. The highest BCUT2D eigenvalue weighted by Gasteiger charge is 2.25. The third-order valence-corrected chi connectivity index (χ3v) is 4.55. The van der Waals surface area contributed by atoms with E-state index in [1.54, 1.807) is 17.9 Å². The summed E-state index contributed by atoms with van der Waals surface area (Å²) >= 11 is 0. The molecule has 2 aromatic rings. The molecule has 2 amide bonds. The second kappa shape index (κ2) is 9.16. The molecule has 1 aromatic heterocycles. The highest BCUT2D eigenvalue weighted by molar-refractivity contribution is 5.93. The van der Waals surface area contributed by atoms with Crippen molar-refractivity contribution in [2.24, 2.45) is 0 Å². The minimum absolute atomic E-state index is 0.00123. The molecular weight excluding hydrogens is 358 g/mol. The number of piperidine rings is 1. The molecule has 0 atom stereocenters. The van der Waals surface area contributed by atoms with Gasteiger partial charge in [-0.1, -0.05) is 12.1 Å². The number of anilines is 2. The number of carbonyl (C=O) groups is 2. The van der Waals surface area contributed by atoms with Crippen molar-refractivity contribution >= 4 is 23.5 Å². The van der Waals surface area contributed by atoms with Gasteiger partial charge in [0.05, 0.1) is 6.61 Å². The lowest BCUT2D eigenvalue weighted by Crippen LogP contribution is -2.46. The molecule has 1 aliphatic rings. The van der Waals surface area contributed by atoms with Gasteiger partial charge in [0.15, 0.2) is 0 Å². The van der Waals surface area contributed by atoms with Gasteiger partial charge in [-0.3, -0.25) is 4.79 Å². The van der Waals surface area contributed by atoms with Crippen molar-refractivity contribution in [3.8, 4) is 0 Å². The molecular formula is C20H25N5O3. The standard InChI is InChI=1S/C20H25N5O3/c1-3-28-20(27)25-9-7-15(8-10-25)24-19(26)17-12-18(22-13-21-17)23-16-6-4-5-14(2)11-16/h4-6,11-13,15H,3,7-10H2,1-2H3,(H,24,26)(H,21,22,23). The van der Waals surface area contributed by atoms with Crippen LogP contribution in [0.1, 0.15) is 35.8 Å². The van der Waals surface area contributed by atoms with E-state index in [0.29, 0.717) is 44.0 Å². The van der Waals surface area contributed by atoms with Crippen LogP contribution in [0.2, 0.25) is 0 Å². The topological polar surface area (TPSA) is 96.5 Å². The normalized spacial score (nSPS) is 14.4. The van der Waals surface area contributed by atoms with Crippen LogP contribution in [-0.2, 0) is 4.74 Å². The largest absolute Gasteiger partial charge is 0.450 e. The van der Waals surface area contributed by atoms with E-state index in [2.05, 4.69) is 20.6 Å². The van der Waals surface area contributed by atoms with E-state index in [4.69, 9.17) is 4.74 Å². The number of hydrogen-bond donors (Lipinski definition) is 2. The zero-order valence-corrected chi connectivity index (χ0v) is 16.1. The van der Waals surface area contributed by atoms with Crippen molar-refractivity contribution in [3.63, 3.8) is 0 Å². The summed E-state index contributed by atoms with van der Waals surface area (Å²) in [5.74, 6) is 0.312. The summed E-state index contributed by atoms with van der Waals surface area (Å²) in [6.07, 6.45) is 2.44. The molecule has 28 heavy (non-hydrogen) atoms. The number of nitrogens with one attached hydrogen (secondary N) is 2. The SMILES string of the molecule is CCOC(=O)N1CCC(NC(=O)c2cc(Nc3cccc(C)c3)ncn2)CC1. The Kier molecular flexibility index (Phi) is 6.41. The van der Waals surface area contributed by atoms with E-state index in [9.17, 15) is 9.59 Å². The van der Waals surface area contributed by atoms with Crippen LogP contribution in [0.4, 0.5) is 16.3 Å². The number of likely N-dealkylation sites (tertiary alicyclic amines) is 1. The lowest BCUT2D eigenvalue weighted by Gasteiger charge is -2.31. The number of carbonyl (C=O) groups excluding carboxylic acids is 2. The smallest absolute Gasteiger partial charge is 0.409 e. The Hall–Kier alpha value is -3.16. The maximum absolute atomic E-state index is 12.6. The fourth-order valence-electron chi connectivity index (χ4n) is 3.10. The van der Waals surface area contributed by atoms with E-state index in [1.165, 1.54) is 6.33 Å².